The molecule has 0 unspecified atom stereocenters. The summed E-state index contributed by atoms with van der Waals surface area (Å²) in [5.41, 5.74) is 4.39. The summed E-state index contributed by atoms with van der Waals surface area (Å²) in [5.74, 6) is 1.19. The molecule has 2 aromatic heterocycles. The summed E-state index contributed by atoms with van der Waals surface area (Å²) in [4.78, 5) is 4.79. The molecule has 8 heteroatoms. The topological polar surface area (TPSA) is 82.3 Å². The van der Waals surface area contributed by atoms with E-state index >= 15 is 0 Å². The molecule has 2 bridgehead atoms. The minimum atomic E-state index is 0.202. The Bertz CT molecular complexity index is 1160. The van der Waals surface area contributed by atoms with Gasteiger partial charge in [0, 0.05) is 62.6 Å². The zero-order chi connectivity index (χ0) is 22.5. The molecule has 0 saturated carbocycles. The average Bonchev–Trinajstić information content (AvgIpc) is 3.35. The number of aromatic nitrogens is 4. The van der Waals surface area contributed by atoms with Crippen molar-refractivity contribution in [2.75, 3.05) is 29.9 Å². The van der Waals surface area contributed by atoms with Gasteiger partial charge in [-0.3, -0.25) is 4.68 Å². The van der Waals surface area contributed by atoms with Crippen molar-refractivity contribution in [3.05, 3.63) is 36.7 Å². The summed E-state index contributed by atoms with van der Waals surface area (Å²) in [7, 11) is 4.02. The highest BCUT2D eigenvalue weighted by molar-refractivity contribution is 5.78. The second-order valence-electron chi connectivity index (χ2n) is 9.80. The van der Waals surface area contributed by atoms with E-state index in [-0.39, 0.29) is 5.75 Å². The number of aryl methyl sites for hydroxylation is 1. The number of phenols is 1. The predicted molar refractivity (Wildman–Crippen MR) is 130 cm³/mol. The number of rotatable bonds is 3. The number of anilines is 2. The first kappa shape index (κ1) is 20.5. The Morgan fingerprint density at radius 1 is 1.00 bits per heavy atom. The van der Waals surface area contributed by atoms with E-state index in [0.717, 1.165) is 42.1 Å². The smallest absolute Gasteiger partial charge is 0.175 e. The molecule has 2 fully saturated rings. The molecule has 3 aliphatic heterocycles. The Kier molecular flexibility index (Phi) is 4.98. The zero-order valence-corrected chi connectivity index (χ0v) is 19.3. The van der Waals surface area contributed by atoms with Gasteiger partial charge in [0.15, 0.2) is 5.82 Å². The summed E-state index contributed by atoms with van der Waals surface area (Å²) in [6.07, 6.45) is 9.79. The maximum Gasteiger partial charge on any atom is 0.175 e. The maximum absolute atomic E-state index is 10.8. The molecule has 1 aromatic carbocycles. The van der Waals surface area contributed by atoms with Crippen molar-refractivity contribution < 1.29 is 5.11 Å². The summed E-state index contributed by atoms with van der Waals surface area (Å²) >= 11 is 0. The van der Waals surface area contributed by atoms with Crippen molar-refractivity contribution in [1.29, 1.82) is 0 Å². The molecule has 3 aliphatic rings. The number of phenolic OH excluding ortho intramolecular Hbond substituents is 1. The standard InChI is InChI=1S/C25H31N7O/c1-30-8-3-9-32(20-11-18-5-6-19(12-20)27-18)25-23(30)13-22(28-29-25)21-7-4-16(10-24(21)33)17-14-26-31(2)15-17/h4,7,10,13-15,18-20,27,33H,3,5-6,8-9,11-12H2,1-2H3/t18-,19+,20-. The molecule has 33 heavy (non-hydrogen) atoms. The predicted octanol–water partition coefficient (Wildman–Crippen LogP) is 3.18. The van der Waals surface area contributed by atoms with E-state index in [9.17, 15) is 5.11 Å². The lowest BCUT2D eigenvalue weighted by atomic mass is 9.98. The van der Waals surface area contributed by atoms with Crippen LogP contribution < -0.4 is 15.1 Å². The van der Waals surface area contributed by atoms with E-state index < -0.39 is 0 Å². The summed E-state index contributed by atoms with van der Waals surface area (Å²) in [5, 5.41) is 28.2. The first-order valence-electron chi connectivity index (χ1n) is 12.0. The molecular formula is C25H31N7O. The van der Waals surface area contributed by atoms with Crippen LogP contribution in [0.1, 0.15) is 32.1 Å². The SMILES string of the molecule is CN1CCCN([C@@H]2C[C@H]3CC[C@@H](C2)N3)c2nnc(-c3ccc(-c4cnn(C)c4)cc3O)cc21. The lowest BCUT2D eigenvalue weighted by molar-refractivity contribution is 0.346. The largest absolute Gasteiger partial charge is 0.507 e. The second-order valence-corrected chi connectivity index (χ2v) is 9.80. The highest BCUT2D eigenvalue weighted by Gasteiger charge is 2.38. The normalized spacial score (nSPS) is 24.6. The van der Waals surface area contributed by atoms with Gasteiger partial charge in [-0.05, 0) is 55.9 Å². The Morgan fingerprint density at radius 2 is 1.82 bits per heavy atom. The third-order valence-electron chi connectivity index (χ3n) is 7.53. The van der Waals surface area contributed by atoms with Gasteiger partial charge in [-0.2, -0.15) is 5.10 Å². The van der Waals surface area contributed by atoms with Gasteiger partial charge >= 0.3 is 0 Å². The highest BCUT2D eigenvalue weighted by Crippen LogP contribution is 2.39. The van der Waals surface area contributed by atoms with Crippen molar-refractivity contribution in [3.63, 3.8) is 0 Å². The molecule has 2 saturated heterocycles. The lowest BCUT2D eigenvalue weighted by Gasteiger charge is -2.38. The van der Waals surface area contributed by atoms with E-state index in [0.29, 0.717) is 29.4 Å². The van der Waals surface area contributed by atoms with Crippen molar-refractivity contribution in [1.82, 2.24) is 25.3 Å². The number of benzene rings is 1. The molecule has 3 atom stereocenters. The van der Waals surface area contributed by atoms with Crippen molar-refractivity contribution >= 4 is 11.5 Å². The molecule has 8 nitrogen and oxygen atoms in total. The Hall–Kier alpha value is -3.13. The van der Waals surface area contributed by atoms with Crippen LogP contribution in [0.3, 0.4) is 0 Å². The molecule has 3 aromatic rings. The second kappa shape index (κ2) is 8.02. The Labute approximate surface area is 194 Å². The first-order valence-corrected chi connectivity index (χ1v) is 12.0. The van der Waals surface area contributed by atoms with Crippen LogP contribution in [0.15, 0.2) is 36.7 Å². The summed E-state index contributed by atoms with van der Waals surface area (Å²) < 4.78 is 1.76. The van der Waals surface area contributed by atoms with Crippen molar-refractivity contribution in [2.24, 2.45) is 7.05 Å². The minimum absolute atomic E-state index is 0.202. The molecule has 0 radical (unpaired) electrons. The van der Waals surface area contributed by atoms with Crippen LogP contribution in [-0.4, -0.2) is 63.3 Å². The number of hydrogen-bond donors (Lipinski definition) is 2. The van der Waals surface area contributed by atoms with Crippen LogP contribution in [0, 0.1) is 0 Å². The number of hydrogen-bond acceptors (Lipinski definition) is 7. The molecule has 172 valence electrons. The summed E-state index contributed by atoms with van der Waals surface area (Å²) in [6, 6.07) is 9.59. The van der Waals surface area contributed by atoms with Crippen LogP contribution >= 0.6 is 0 Å². The van der Waals surface area contributed by atoms with Crippen LogP contribution in [0.2, 0.25) is 0 Å². The van der Waals surface area contributed by atoms with E-state index in [4.69, 9.17) is 5.10 Å². The number of piperidine rings is 1. The van der Waals surface area contributed by atoms with Gasteiger partial charge in [0.25, 0.3) is 0 Å². The molecular weight excluding hydrogens is 414 g/mol. The van der Waals surface area contributed by atoms with Gasteiger partial charge in [0.2, 0.25) is 0 Å². The number of nitrogens with one attached hydrogen (secondary N) is 1. The molecule has 6 rings (SSSR count). The third-order valence-corrected chi connectivity index (χ3v) is 7.53. The van der Waals surface area contributed by atoms with Gasteiger partial charge in [-0.25, -0.2) is 0 Å². The maximum atomic E-state index is 10.8. The van der Waals surface area contributed by atoms with E-state index in [1.165, 1.54) is 25.7 Å². The Balaban J connectivity index is 1.34. The van der Waals surface area contributed by atoms with Crippen molar-refractivity contribution in [2.45, 2.75) is 50.2 Å². The van der Waals surface area contributed by atoms with Gasteiger partial charge in [-0.1, -0.05) is 6.07 Å². The summed E-state index contributed by atoms with van der Waals surface area (Å²) in [6.45, 7) is 2.00. The van der Waals surface area contributed by atoms with Crippen molar-refractivity contribution in [3.8, 4) is 28.1 Å². The highest BCUT2D eigenvalue weighted by atomic mass is 16.3. The van der Waals surface area contributed by atoms with E-state index in [1.54, 1.807) is 16.9 Å². The van der Waals surface area contributed by atoms with Crippen LogP contribution in [-0.2, 0) is 7.05 Å². The number of aromatic hydroxyl groups is 1. The molecule has 2 N–H and O–H groups in total. The minimum Gasteiger partial charge on any atom is -0.507 e. The van der Waals surface area contributed by atoms with E-state index in [1.807, 2.05) is 25.4 Å². The van der Waals surface area contributed by atoms with Crippen LogP contribution in [0.5, 0.6) is 5.75 Å². The number of fused-ring (bicyclic) bond motifs is 3. The first-order chi connectivity index (χ1) is 16.0. The van der Waals surface area contributed by atoms with Gasteiger partial charge in [0.05, 0.1) is 17.6 Å². The Morgan fingerprint density at radius 3 is 2.55 bits per heavy atom. The number of nitrogens with zero attached hydrogens (tertiary/aromatic N) is 6. The average molecular weight is 446 g/mol. The van der Waals surface area contributed by atoms with Crippen LogP contribution in [0.4, 0.5) is 11.5 Å². The van der Waals surface area contributed by atoms with Crippen LogP contribution in [0.25, 0.3) is 22.4 Å². The molecule has 0 aliphatic carbocycles. The fourth-order valence-electron chi connectivity index (χ4n) is 5.83. The van der Waals surface area contributed by atoms with Gasteiger partial charge < -0.3 is 20.2 Å². The van der Waals surface area contributed by atoms with Gasteiger partial charge in [-0.15, -0.1) is 10.2 Å². The fourth-order valence-corrected chi connectivity index (χ4v) is 5.83. The lowest BCUT2D eigenvalue weighted by Crippen LogP contribution is -2.49. The fraction of sp³-hybridized carbons (Fsp3) is 0.480. The van der Waals surface area contributed by atoms with Gasteiger partial charge in [0.1, 0.15) is 5.75 Å². The molecule has 5 heterocycles. The molecule has 0 spiro atoms. The molecule has 0 amide bonds. The monoisotopic (exact) mass is 445 g/mol. The zero-order valence-electron chi connectivity index (χ0n) is 19.3. The third kappa shape index (κ3) is 3.72. The quantitative estimate of drug-likeness (QED) is 0.641. The van der Waals surface area contributed by atoms with E-state index in [2.05, 4.69) is 38.4 Å².